The van der Waals surface area contributed by atoms with Gasteiger partial charge in [-0.25, -0.2) is 0 Å². The summed E-state index contributed by atoms with van der Waals surface area (Å²) in [5, 5.41) is 3.03. The largest absolute Gasteiger partial charge is 0.494 e. The van der Waals surface area contributed by atoms with Crippen LogP contribution in [-0.2, 0) is 13.5 Å². The monoisotopic (exact) mass is 738 g/mol. The molecule has 9 nitrogen and oxygen atoms in total. The number of hydrogen-bond donors (Lipinski definition) is 1. The van der Waals surface area contributed by atoms with E-state index in [1.165, 1.54) is 0 Å². The molecule has 1 atom stereocenters. The smallest absolute Gasteiger partial charge is 0.275 e. The zero-order chi connectivity index (χ0) is 37.8. The number of carbonyl (C=O) groups excluding carboxylic acids is 2. The van der Waals surface area contributed by atoms with Crippen molar-refractivity contribution in [1.29, 1.82) is 0 Å². The zero-order valence-corrected chi connectivity index (χ0v) is 32.5. The van der Waals surface area contributed by atoms with Gasteiger partial charge in [0.1, 0.15) is 17.1 Å². The topological polar surface area (TPSA) is 107 Å². The highest BCUT2D eigenvalue weighted by Crippen LogP contribution is 2.44. The minimum absolute atomic E-state index is 0.144. The van der Waals surface area contributed by atoms with Crippen molar-refractivity contribution in [2.24, 2.45) is 22.8 Å². The molecule has 2 aromatic heterocycles. The van der Waals surface area contributed by atoms with Crippen LogP contribution in [0.2, 0.25) is 10.0 Å². The Morgan fingerprint density at radius 2 is 1.75 bits per heavy atom. The van der Waals surface area contributed by atoms with Gasteiger partial charge in [0.05, 0.1) is 28.4 Å². The van der Waals surface area contributed by atoms with Crippen molar-refractivity contribution in [3.63, 3.8) is 0 Å². The number of nitrogens with two attached hydrogens (primary N) is 1. The molecule has 0 unspecified atom stereocenters. The van der Waals surface area contributed by atoms with Crippen molar-refractivity contribution in [2.75, 3.05) is 25.1 Å². The Kier molecular flexibility index (Phi) is 10.1. The number of fused-ring (bicyclic) bond motifs is 4. The van der Waals surface area contributed by atoms with Crippen LogP contribution in [0.3, 0.4) is 0 Å². The van der Waals surface area contributed by atoms with Crippen LogP contribution >= 0.6 is 23.2 Å². The average Bonchev–Trinajstić information content (AvgIpc) is 3.62. The summed E-state index contributed by atoms with van der Waals surface area (Å²) in [6, 6.07) is 13.4. The number of aryl methyl sites for hydroxylation is 5. The van der Waals surface area contributed by atoms with Crippen LogP contribution in [0, 0.1) is 20.8 Å². The molecule has 0 fully saturated rings. The van der Waals surface area contributed by atoms with E-state index in [0.717, 1.165) is 77.4 Å². The van der Waals surface area contributed by atoms with Crippen molar-refractivity contribution < 1.29 is 14.3 Å². The Labute approximate surface area is 314 Å². The van der Waals surface area contributed by atoms with E-state index in [1.54, 1.807) is 24.7 Å². The molecule has 2 N–H and O–H groups in total. The maximum atomic E-state index is 15.1. The number of primary amides is 1. The zero-order valence-electron chi connectivity index (χ0n) is 30.9. The SMILES string of the molecule is C=N/C(C)=C(\C(C)=NC)c1c(Cl)ccc2c(CCCOc3cc(C)c(Cl)c(C)c3)c3n(c12)[C@H](C)CN(c1cc(C)cc2cc(C(N)=O)n(C)c12)C3=O. The molecule has 1 aliphatic rings. The lowest BCUT2D eigenvalue weighted by Crippen LogP contribution is -2.43. The third kappa shape index (κ3) is 6.20. The number of allylic oxidation sites excluding steroid dienone is 2. The summed E-state index contributed by atoms with van der Waals surface area (Å²) in [5.41, 5.74) is 15.8. The Balaban J connectivity index is 1.55. The van der Waals surface area contributed by atoms with Gasteiger partial charge < -0.3 is 24.5 Å². The number of amides is 2. The number of anilines is 1. The second kappa shape index (κ2) is 14.3. The number of aliphatic imine (C=N–C) groups is 2. The van der Waals surface area contributed by atoms with E-state index in [2.05, 4.69) is 28.2 Å². The minimum atomic E-state index is -0.530. The van der Waals surface area contributed by atoms with E-state index >= 15 is 4.79 Å². The van der Waals surface area contributed by atoms with Gasteiger partial charge in [0.15, 0.2) is 0 Å². The highest BCUT2D eigenvalue weighted by molar-refractivity contribution is 6.38. The first-order valence-electron chi connectivity index (χ1n) is 17.3. The van der Waals surface area contributed by atoms with E-state index in [4.69, 9.17) is 33.7 Å². The first kappa shape index (κ1) is 36.9. The van der Waals surface area contributed by atoms with Crippen LogP contribution in [0.1, 0.15) is 82.0 Å². The number of rotatable bonds is 10. The van der Waals surface area contributed by atoms with Gasteiger partial charge in [-0.05, 0) is 120 Å². The molecular formula is C41H44Cl2N6O3. The molecule has 3 aromatic carbocycles. The van der Waals surface area contributed by atoms with Crippen molar-refractivity contribution in [1.82, 2.24) is 9.13 Å². The van der Waals surface area contributed by atoms with Crippen molar-refractivity contribution >= 4 is 80.5 Å². The Morgan fingerprint density at radius 3 is 2.38 bits per heavy atom. The molecule has 0 saturated heterocycles. The fourth-order valence-electron chi connectivity index (χ4n) is 7.69. The van der Waals surface area contributed by atoms with Gasteiger partial charge in [-0.1, -0.05) is 29.3 Å². The summed E-state index contributed by atoms with van der Waals surface area (Å²) >= 11 is 13.5. The number of halogens is 2. The number of aromatic nitrogens is 2. The Morgan fingerprint density at radius 1 is 1.06 bits per heavy atom. The highest BCUT2D eigenvalue weighted by atomic mass is 35.5. The molecule has 0 radical (unpaired) electrons. The lowest BCUT2D eigenvalue weighted by Gasteiger charge is -2.35. The summed E-state index contributed by atoms with van der Waals surface area (Å²) < 4.78 is 10.1. The average molecular weight is 740 g/mol. The minimum Gasteiger partial charge on any atom is -0.494 e. The molecule has 0 bridgehead atoms. The molecule has 5 aromatic rings. The van der Waals surface area contributed by atoms with Crippen LogP contribution in [0.4, 0.5) is 5.69 Å². The molecule has 11 heteroatoms. The van der Waals surface area contributed by atoms with Crippen LogP contribution in [0.15, 0.2) is 58.1 Å². The fraction of sp³-hybridized carbons (Fsp3) is 0.317. The van der Waals surface area contributed by atoms with Gasteiger partial charge in [-0.2, -0.15) is 0 Å². The molecule has 0 spiro atoms. The van der Waals surface area contributed by atoms with E-state index < -0.39 is 5.91 Å². The molecular weight excluding hydrogens is 695 g/mol. The summed E-state index contributed by atoms with van der Waals surface area (Å²) in [6.07, 6.45) is 1.21. The number of ether oxygens (including phenoxy) is 1. The summed E-state index contributed by atoms with van der Waals surface area (Å²) in [6.45, 7) is 16.5. The van der Waals surface area contributed by atoms with Crippen LogP contribution in [0.5, 0.6) is 5.75 Å². The van der Waals surface area contributed by atoms with E-state index in [-0.39, 0.29) is 11.9 Å². The molecule has 6 rings (SSSR count). The van der Waals surface area contributed by atoms with Crippen LogP contribution < -0.4 is 15.4 Å². The van der Waals surface area contributed by atoms with Gasteiger partial charge in [0.2, 0.25) is 0 Å². The van der Waals surface area contributed by atoms with Crippen molar-refractivity contribution in [2.45, 2.75) is 60.4 Å². The third-order valence-corrected chi connectivity index (χ3v) is 11.1. The maximum Gasteiger partial charge on any atom is 0.275 e. The highest BCUT2D eigenvalue weighted by Gasteiger charge is 2.37. The first-order chi connectivity index (χ1) is 24.7. The lowest BCUT2D eigenvalue weighted by atomic mass is 9.95. The summed E-state index contributed by atoms with van der Waals surface area (Å²) in [5.74, 6) is 0.0820. The fourth-order valence-corrected chi connectivity index (χ4v) is 8.04. The van der Waals surface area contributed by atoms with Gasteiger partial charge in [-0.15, -0.1) is 0 Å². The molecule has 2 amide bonds. The van der Waals surface area contributed by atoms with Gasteiger partial charge in [0, 0.05) is 65.0 Å². The molecule has 52 heavy (non-hydrogen) atoms. The second-order valence-corrected chi connectivity index (χ2v) is 14.5. The molecule has 270 valence electrons. The van der Waals surface area contributed by atoms with Crippen LogP contribution in [-0.4, -0.2) is 53.6 Å². The predicted molar refractivity (Wildman–Crippen MR) is 215 cm³/mol. The number of nitrogens with zero attached hydrogens (tertiary/aromatic N) is 5. The number of hydrogen-bond acceptors (Lipinski definition) is 5. The number of benzene rings is 3. The number of carbonyl (C=O) groups is 2. The molecule has 0 aliphatic carbocycles. The standard InChI is InChI=1S/C41H44Cl2N6O3/c1-21-15-27-19-33(40(44)50)47(9)37(27)32(16-21)48-20-24(4)49-38-30(12-13-31(42)35(38)34(25(5)45-7)26(6)46-8)29(39(49)41(48)51)11-10-14-52-28-17-22(2)36(43)23(3)18-28/h12-13,15-19,24H,7,10-11,14,20H2,1-6,8-9H3,(H2,44,50)/b34-25+,46-26?/t24-/m1/s1. The summed E-state index contributed by atoms with van der Waals surface area (Å²) in [4.78, 5) is 38.2. The second-order valence-electron chi connectivity index (χ2n) is 13.7. The Hall–Kier alpha value is -4.86. The quantitative estimate of drug-likeness (QED) is 0.114. The van der Waals surface area contributed by atoms with Crippen molar-refractivity contribution in [3.8, 4) is 5.75 Å². The van der Waals surface area contributed by atoms with E-state index in [1.807, 2.05) is 75.9 Å². The first-order valence-corrected chi connectivity index (χ1v) is 18.0. The maximum absolute atomic E-state index is 15.1. The van der Waals surface area contributed by atoms with Gasteiger partial charge in [-0.3, -0.25) is 19.6 Å². The molecule has 3 heterocycles. The van der Waals surface area contributed by atoms with Gasteiger partial charge in [0.25, 0.3) is 11.8 Å². The Bertz CT molecular complexity index is 2360. The third-order valence-electron chi connectivity index (χ3n) is 10.1. The van der Waals surface area contributed by atoms with Gasteiger partial charge >= 0.3 is 0 Å². The lowest BCUT2D eigenvalue weighted by molar-refractivity contribution is 0.0956. The van der Waals surface area contributed by atoms with Crippen LogP contribution in [0.25, 0.3) is 27.4 Å². The molecule has 0 saturated carbocycles. The molecule has 1 aliphatic heterocycles. The van der Waals surface area contributed by atoms with E-state index in [0.29, 0.717) is 48.1 Å². The summed E-state index contributed by atoms with van der Waals surface area (Å²) in [7, 11) is 3.54. The van der Waals surface area contributed by atoms with Crippen molar-refractivity contribution in [3.05, 3.63) is 97.4 Å². The van der Waals surface area contributed by atoms with E-state index in [9.17, 15) is 4.79 Å². The predicted octanol–water partition coefficient (Wildman–Crippen LogP) is 9.22. The normalized spacial score (nSPS) is 15.3.